The van der Waals surface area contributed by atoms with Gasteiger partial charge in [-0.1, -0.05) is 55.8 Å². The summed E-state index contributed by atoms with van der Waals surface area (Å²) in [6.45, 7) is 7.12. The van der Waals surface area contributed by atoms with E-state index in [0.29, 0.717) is 22.2 Å². The largest absolute Gasteiger partial charge is 0.305 e. The lowest BCUT2D eigenvalue weighted by molar-refractivity contribution is 0.0958. The van der Waals surface area contributed by atoms with Crippen molar-refractivity contribution in [3.63, 3.8) is 0 Å². The Labute approximate surface area is 200 Å². The SMILES string of the molecule is CC(C)c1ccc(CN2CCC(N(C(=O)c3cccc(Cl)c3)c3ccc(F)cc3)CC2)cc1. The second-order valence-electron chi connectivity index (χ2n) is 9.07. The monoisotopic (exact) mass is 464 g/mol. The number of likely N-dealkylation sites (tertiary alicyclic amines) is 1. The molecular formula is C28H30ClFN2O. The number of hydrogen-bond acceptors (Lipinski definition) is 2. The highest BCUT2D eigenvalue weighted by Crippen LogP contribution is 2.28. The van der Waals surface area contributed by atoms with E-state index in [4.69, 9.17) is 11.6 Å². The van der Waals surface area contributed by atoms with Crippen LogP contribution in [0.4, 0.5) is 10.1 Å². The van der Waals surface area contributed by atoms with E-state index in [1.165, 1.54) is 23.3 Å². The number of nitrogens with zero attached hydrogens (tertiary/aromatic N) is 2. The van der Waals surface area contributed by atoms with E-state index in [0.717, 1.165) is 32.5 Å². The number of benzene rings is 3. The van der Waals surface area contributed by atoms with Crippen LogP contribution in [-0.2, 0) is 6.54 Å². The third kappa shape index (κ3) is 5.82. The van der Waals surface area contributed by atoms with Gasteiger partial charge in [0, 0.05) is 41.9 Å². The van der Waals surface area contributed by atoms with Crippen molar-refractivity contribution >= 4 is 23.2 Å². The van der Waals surface area contributed by atoms with Crippen LogP contribution in [0, 0.1) is 5.82 Å². The van der Waals surface area contributed by atoms with Gasteiger partial charge in [0.25, 0.3) is 5.91 Å². The lowest BCUT2D eigenvalue weighted by atomic mass is 9.99. The Morgan fingerprint density at radius 2 is 1.70 bits per heavy atom. The predicted octanol–water partition coefficient (Wildman–Crippen LogP) is 6.91. The first-order chi connectivity index (χ1) is 15.9. The molecule has 0 spiro atoms. The molecule has 0 atom stereocenters. The number of halogens is 2. The summed E-state index contributed by atoms with van der Waals surface area (Å²) in [5, 5.41) is 0.526. The molecule has 0 aliphatic carbocycles. The molecular weight excluding hydrogens is 435 g/mol. The summed E-state index contributed by atoms with van der Waals surface area (Å²) in [7, 11) is 0. The maximum atomic E-state index is 13.6. The molecule has 0 radical (unpaired) electrons. The standard InChI is InChI=1S/C28H30ClFN2O/c1-20(2)22-8-6-21(7-9-22)19-31-16-14-27(15-17-31)32(26-12-10-25(30)11-13-26)28(33)23-4-3-5-24(29)18-23/h3-13,18,20,27H,14-17,19H2,1-2H3. The normalized spacial score (nSPS) is 15.1. The van der Waals surface area contributed by atoms with Crippen molar-refractivity contribution in [3.05, 3.63) is 100 Å². The van der Waals surface area contributed by atoms with Crippen LogP contribution in [0.1, 0.15) is 54.1 Å². The van der Waals surface area contributed by atoms with Crippen LogP contribution in [0.2, 0.25) is 5.02 Å². The summed E-state index contributed by atoms with van der Waals surface area (Å²) in [4.78, 5) is 17.8. The van der Waals surface area contributed by atoms with E-state index in [1.54, 1.807) is 36.4 Å². The molecule has 0 aromatic heterocycles. The summed E-state index contributed by atoms with van der Waals surface area (Å²) in [5.41, 5.74) is 3.92. The topological polar surface area (TPSA) is 23.6 Å². The summed E-state index contributed by atoms with van der Waals surface area (Å²) >= 11 is 6.14. The smallest absolute Gasteiger partial charge is 0.258 e. The van der Waals surface area contributed by atoms with Gasteiger partial charge in [0.2, 0.25) is 0 Å². The van der Waals surface area contributed by atoms with E-state index in [9.17, 15) is 9.18 Å². The van der Waals surface area contributed by atoms with Crippen LogP contribution in [0.25, 0.3) is 0 Å². The van der Waals surface area contributed by atoms with Gasteiger partial charge in [0.1, 0.15) is 5.82 Å². The lowest BCUT2D eigenvalue weighted by Crippen LogP contribution is -2.47. The first-order valence-electron chi connectivity index (χ1n) is 11.6. The maximum absolute atomic E-state index is 13.6. The molecule has 172 valence electrons. The summed E-state index contributed by atoms with van der Waals surface area (Å²) in [5.74, 6) is 0.114. The minimum absolute atomic E-state index is 0.0431. The Bertz CT molecular complexity index is 1070. The van der Waals surface area contributed by atoms with Crippen molar-refractivity contribution in [1.82, 2.24) is 4.90 Å². The van der Waals surface area contributed by atoms with E-state index < -0.39 is 0 Å². The summed E-state index contributed by atoms with van der Waals surface area (Å²) < 4.78 is 13.6. The van der Waals surface area contributed by atoms with Gasteiger partial charge in [-0.15, -0.1) is 0 Å². The van der Waals surface area contributed by atoms with Gasteiger partial charge in [0.15, 0.2) is 0 Å². The number of carbonyl (C=O) groups excluding carboxylic acids is 1. The van der Waals surface area contributed by atoms with Crippen LogP contribution in [0.5, 0.6) is 0 Å². The van der Waals surface area contributed by atoms with Gasteiger partial charge in [-0.25, -0.2) is 4.39 Å². The third-order valence-electron chi connectivity index (χ3n) is 6.37. The van der Waals surface area contributed by atoms with Crippen molar-refractivity contribution in [2.24, 2.45) is 0 Å². The molecule has 33 heavy (non-hydrogen) atoms. The number of rotatable bonds is 6. The minimum atomic E-state index is -0.313. The molecule has 1 saturated heterocycles. The number of amides is 1. The van der Waals surface area contributed by atoms with Gasteiger partial charge >= 0.3 is 0 Å². The second kappa shape index (κ2) is 10.5. The third-order valence-corrected chi connectivity index (χ3v) is 6.61. The molecule has 1 aliphatic rings. The molecule has 3 aromatic rings. The van der Waals surface area contributed by atoms with E-state index in [2.05, 4.69) is 43.0 Å². The quantitative estimate of drug-likeness (QED) is 0.395. The van der Waals surface area contributed by atoms with Crippen molar-refractivity contribution < 1.29 is 9.18 Å². The Kier molecular flexibility index (Phi) is 7.46. The van der Waals surface area contributed by atoms with E-state index in [1.807, 2.05) is 4.90 Å². The van der Waals surface area contributed by atoms with Crippen molar-refractivity contribution in [1.29, 1.82) is 0 Å². The van der Waals surface area contributed by atoms with Crippen LogP contribution >= 0.6 is 11.6 Å². The molecule has 0 N–H and O–H groups in total. The Hall–Kier alpha value is -2.69. The highest BCUT2D eigenvalue weighted by Gasteiger charge is 2.30. The fourth-order valence-electron chi connectivity index (χ4n) is 4.46. The Morgan fingerprint density at radius 1 is 1.03 bits per heavy atom. The fourth-order valence-corrected chi connectivity index (χ4v) is 4.65. The number of hydrogen-bond donors (Lipinski definition) is 0. The molecule has 1 amide bonds. The van der Waals surface area contributed by atoms with Gasteiger partial charge in [-0.2, -0.15) is 0 Å². The highest BCUT2D eigenvalue weighted by atomic mass is 35.5. The van der Waals surface area contributed by atoms with E-state index in [-0.39, 0.29) is 17.8 Å². The summed E-state index contributed by atoms with van der Waals surface area (Å²) in [6.07, 6.45) is 1.71. The zero-order chi connectivity index (χ0) is 23.4. The average Bonchev–Trinajstić information content (AvgIpc) is 2.82. The van der Waals surface area contributed by atoms with Gasteiger partial charge in [-0.05, 0) is 72.4 Å². The predicted molar refractivity (Wildman–Crippen MR) is 133 cm³/mol. The first-order valence-corrected chi connectivity index (χ1v) is 11.9. The molecule has 0 saturated carbocycles. The zero-order valence-corrected chi connectivity index (χ0v) is 19.9. The van der Waals surface area contributed by atoms with Gasteiger partial charge in [0.05, 0.1) is 0 Å². The van der Waals surface area contributed by atoms with Gasteiger partial charge < -0.3 is 4.90 Å². The van der Waals surface area contributed by atoms with Crippen LogP contribution in [-0.4, -0.2) is 29.9 Å². The minimum Gasteiger partial charge on any atom is -0.305 e. The first kappa shape index (κ1) is 23.5. The molecule has 0 bridgehead atoms. The molecule has 4 rings (SSSR count). The average molecular weight is 465 g/mol. The number of anilines is 1. The molecule has 5 heteroatoms. The van der Waals surface area contributed by atoms with Crippen LogP contribution < -0.4 is 4.90 Å². The van der Waals surface area contributed by atoms with Crippen LogP contribution in [0.3, 0.4) is 0 Å². The van der Waals surface area contributed by atoms with Crippen molar-refractivity contribution in [2.75, 3.05) is 18.0 Å². The molecule has 3 nitrogen and oxygen atoms in total. The second-order valence-corrected chi connectivity index (χ2v) is 9.50. The highest BCUT2D eigenvalue weighted by molar-refractivity contribution is 6.31. The number of carbonyl (C=O) groups is 1. The molecule has 1 fully saturated rings. The molecule has 0 unspecified atom stereocenters. The Balaban J connectivity index is 1.48. The molecule has 1 aliphatic heterocycles. The lowest BCUT2D eigenvalue weighted by Gasteiger charge is -2.38. The van der Waals surface area contributed by atoms with Crippen molar-refractivity contribution in [3.8, 4) is 0 Å². The van der Waals surface area contributed by atoms with E-state index >= 15 is 0 Å². The maximum Gasteiger partial charge on any atom is 0.258 e. The fraction of sp³-hybridized carbons (Fsp3) is 0.321. The number of piperidine rings is 1. The zero-order valence-electron chi connectivity index (χ0n) is 19.2. The Morgan fingerprint density at radius 3 is 2.30 bits per heavy atom. The van der Waals surface area contributed by atoms with Gasteiger partial charge in [-0.3, -0.25) is 9.69 Å². The van der Waals surface area contributed by atoms with Crippen LogP contribution in [0.15, 0.2) is 72.8 Å². The summed E-state index contributed by atoms with van der Waals surface area (Å²) in [6, 6.07) is 22.1. The van der Waals surface area contributed by atoms with Crippen molar-refractivity contribution in [2.45, 2.75) is 45.2 Å². The molecule has 3 aromatic carbocycles. The molecule has 1 heterocycles.